The van der Waals surface area contributed by atoms with Crippen LogP contribution in [0.3, 0.4) is 0 Å². The van der Waals surface area contributed by atoms with Gasteiger partial charge in [-0.3, -0.25) is 4.68 Å². The molecule has 1 atom stereocenters. The Morgan fingerprint density at radius 2 is 2.44 bits per heavy atom. The molecule has 0 saturated heterocycles. The van der Waals surface area contributed by atoms with E-state index < -0.39 is 6.10 Å². The van der Waals surface area contributed by atoms with Crippen LogP contribution < -0.4 is 5.32 Å². The van der Waals surface area contributed by atoms with E-state index in [-0.39, 0.29) is 0 Å². The first-order valence-electron chi connectivity index (χ1n) is 6.24. The zero-order valence-corrected chi connectivity index (χ0v) is 9.89. The van der Waals surface area contributed by atoms with Gasteiger partial charge in [-0.15, -0.1) is 0 Å². The van der Waals surface area contributed by atoms with Crippen molar-refractivity contribution in [2.24, 2.45) is 0 Å². The largest absolute Gasteiger partial charge is 0.391 e. The van der Waals surface area contributed by atoms with Crippen LogP contribution in [-0.4, -0.2) is 32.7 Å². The molecule has 2 aromatic heterocycles. The molecule has 0 spiro atoms. The third-order valence-electron chi connectivity index (χ3n) is 3.68. The lowest BCUT2D eigenvalue weighted by Crippen LogP contribution is -2.23. The van der Waals surface area contributed by atoms with Crippen LogP contribution >= 0.6 is 0 Å². The lowest BCUT2D eigenvalue weighted by Gasteiger charge is -2.12. The van der Waals surface area contributed by atoms with Gasteiger partial charge in [0.1, 0.15) is 12.0 Å². The van der Waals surface area contributed by atoms with E-state index in [4.69, 9.17) is 4.52 Å². The third kappa shape index (κ3) is 1.36. The molecule has 18 heavy (non-hydrogen) atoms. The molecule has 4 heterocycles. The number of aliphatic hydroxyl groups is 1. The van der Waals surface area contributed by atoms with Crippen molar-refractivity contribution in [1.29, 1.82) is 0 Å². The second-order valence-corrected chi connectivity index (χ2v) is 4.93. The molecule has 0 fully saturated rings. The molecular weight excluding hydrogens is 232 g/mol. The van der Waals surface area contributed by atoms with Crippen LogP contribution in [0, 0.1) is 0 Å². The number of aliphatic hydroxyl groups excluding tert-OH is 1. The predicted molar refractivity (Wildman–Crippen MR) is 62.8 cm³/mol. The number of nitrogens with zero attached hydrogens (tertiary/aromatic N) is 3. The fourth-order valence-corrected chi connectivity index (χ4v) is 2.87. The quantitative estimate of drug-likeness (QED) is 0.689. The Hall–Kier alpha value is -1.66. The zero-order valence-electron chi connectivity index (χ0n) is 9.89. The van der Waals surface area contributed by atoms with E-state index in [2.05, 4.69) is 15.6 Å². The summed E-state index contributed by atoms with van der Waals surface area (Å²) in [4.78, 5) is 0. The molecule has 0 aliphatic carbocycles. The fourth-order valence-electron chi connectivity index (χ4n) is 2.87. The molecule has 94 valence electrons. The number of rotatable bonds is 0. The Morgan fingerprint density at radius 1 is 1.50 bits per heavy atom. The van der Waals surface area contributed by atoms with Gasteiger partial charge in [0, 0.05) is 37.1 Å². The molecule has 0 radical (unpaired) electrons. The van der Waals surface area contributed by atoms with Crippen molar-refractivity contribution in [3.8, 4) is 11.4 Å². The number of hydrogen-bond donors (Lipinski definition) is 2. The molecule has 6 nitrogen and oxygen atoms in total. The minimum absolute atomic E-state index is 0.432. The molecule has 2 aliphatic rings. The minimum Gasteiger partial charge on any atom is -0.391 e. The van der Waals surface area contributed by atoms with E-state index in [0.717, 1.165) is 42.2 Å². The van der Waals surface area contributed by atoms with Gasteiger partial charge in [-0.2, -0.15) is 5.10 Å². The SMILES string of the molecule is OC1Cc2conc2-c2c3c(nn2C1)CCNC3. The van der Waals surface area contributed by atoms with Crippen LogP contribution in [-0.2, 0) is 25.9 Å². The van der Waals surface area contributed by atoms with Gasteiger partial charge in [-0.1, -0.05) is 5.16 Å². The summed E-state index contributed by atoms with van der Waals surface area (Å²) in [5.74, 6) is 0. The number of hydrogen-bond acceptors (Lipinski definition) is 5. The van der Waals surface area contributed by atoms with Crippen molar-refractivity contribution in [1.82, 2.24) is 20.3 Å². The normalized spacial score (nSPS) is 21.9. The smallest absolute Gasteiger partial charge is 0.135 e. The van der Waals surface area contributed by atoms with Crippen LogP contribution in [0.15, 0.2) is 10.8 Å². The highest BCUT2D eigenvalue weighted by Gasteiger charge is 2.29. The minimum atomic E-state index is -0.432. The van der Waals surface area contributed by atoms with E-state index in [9.17, 15) is 5.11 Å². The maximum Gasteiger partial charge on any atom is 0.135 e. The van der Waals surface area contributed by atoms with Gasteiger partial charge >= 0.3 is 0 Å². The van der Waals surface area contributed by atoms with E-state index >= 15 is 0 Å². The fraction of sp³-hybridized carbons (Fsp3) is 0.500. The maximum atomic E-state index is 10.0. The summed E-state index contributed by atoms with van der Waals surface area (Å²) in [5, 5.41) is 22.1. The predicted octanol–water partition coefficient (Wildman–Crippen LogP) is 0.101. The van der Waals surface area contributed by atoms with Gasteiger partial charge in [0.2, 0.25) is 0 Å². The molecular formula is C12H14N4O2. The highest BCUT2D eigenvalue weighted by Crippen LogP contribution is 2.32. The highest BCUT2D eigenvalue weighted by atomic mass is 16.5. The van der Waals surface area contributed by atoms with Crippen LogP contribution in [0.4, 0.5) is 0 Å². The molecule has 0 saturated carbocycles. The first kappa shape index (κ1) is 10.3. The topological polar surface area (TPSA) is 76.1 Å². The van der Waals surface area contributed by atoms with E-state index in [1.165, 1.54) is 5.56 Å². The Labute approximate surface area is 104 Å². The van der Waals surface area contributed by atoms with Gasteiger partial charge in [0.05, 0.1) is 24.0 Å². The summed E-state index contributed by atoms with van der Waals surface area (Å²) < 4.78 is 6.95. The number of fused-ring (bicyclic) bond motifs is 5. The van der Waals surface area contributed by atoms with Gasteiger partial charge in [0.15, 0.2) is 0 Å². The summed E-state index contributed by atoms with van der Waals surface area (Å²) >= 11 is 0. The molecule has 0 bridgehead atoms. The maximum absolute atomic E-state index is 10.0. The Balaban J connectivity index is 1.97. The molecule has 2 aromatic rings. The monoisotopic (exact) mass is 246 g/mol. The van der Waals surface area contributed by atoms with Crippen molar-refractivity contribution in [3.05, 3.63) is 23.1 Å². The summed E-state index contributed by atoms with van der Waals surface area (Å²) in [7, 11) is 0. The summed E-state index contributed by atoms with van der Waals surface area (Å²) in [6.07, 6.45) is 2.70. The van der Waals surface area contributed by atoms with Crippen molar-refractivity contribution >= 4 is 0 Å². The number of aromatic nitrogens is 3. The van der Waals surface area contributed by atoms with Gasteiger partial charge in [-0.05, 0) is 0 Å². The lowest BCUT2D eigenvalue weighted by atomic mass is 10.0. The second kappa shape index (κ2) is 3.66. The zero-order chi connectivity index (χ0) is 12.1. The van der Waals surface area contributed by atoms with Gasteiger partial charge in [-0.25, -0.2) is 0 Å². The average Bonchev–Trinajstić information content (AvgIpc) is 2.90. The molecule has 2 aliphatic heterocycles. The van der Waals surface area contributed by atoms with Crippen molar-refractivity contribution in [2.45, 2.75) is 32.0 Å². The number of nitrogens with one attached hydrogen (secondary N) is 1. The second-order valence-electron chi connectivity index (χ2n) is 4.93. The van der Waals surface area contributed by atoms with Crippen LogP contribution in [0.2, 0.25) is 0 Å². The molecule has 6 heteroatoms. The standard InChI is InChI=1S/C12H14N4O2/c17-8-3-7-6-18-15-11(7)12-9-4-13-2-1-10(9)14-16(12)5-8/h6,8,13,17H,1-5H2. The Kier molecular flexibility index (Phi) is 2.09. The van der Waals surface area contributed by atoms with Gasteiger partial charge in [0.25, 0.3) is 0 Å². The highest BCUT2D eigenvalue weighted by molar-refractivity contribution is 5.65. The lowest BCUT2D eigenvalue weighted by molar-refractivity contribution is 0.151. The Bertz CT molecular complexity index is 601. The van der Waals surface area contributed by atoms with Crippen LogP contribution in [0.5, 0.6) is 0 Å². The first-order chi connectivity index (χ1) is 8.83. The van der Waals surface area contributed by atoms with Crippen molar-refractivity contribution in [3.63, 3.8) is 0 Å². The van der Waals surface area contributed by atoms with E-state index in [1.54, 1.807) is 6.26 Å². The summed E-state index contributed by atoms with van der Waals surface area (Å²) in [5.41, 5.74) is 5.13. The van der Waals surface area contributed by atoms with Crippen molar-refractivity contribution < 1.29 is 9.63 Å². The average molecular weight is 246 g/mol. The molecule has 0 aromatic carbocycles. The van der Waals surface area contributed by atoms with Gasteiger partial charge < -0.3 is 14.9 Å². The molecule has 0 amide bonds. The van der Waals surface area contributed by atoms with Crippen LogP contribution in [0.25, 0.3) is 11.4 Å². The van der Waals surface area contributed by atoms with Crippen molar-refractivity contribution in [2.75, 3.05) is 6.54 Å². The van der Waals surface area contributed by atoms with Crippen LogP contribution in [0.1, 0.15) is 16.8 Å². The third-order valence-corrected chi connectivity index (χ3v) is 3.68. The Morgan fingerprint density at radius 3 is 3.39 bits per heavy atom. The molecule has 4 rings (SSSR count). The molecule has 1 unspecified atom stereocenters. The van der Waals surface area contributed by atoms with E-state index in [1.807, 2.05) is 4.68 Å². The summed E-state index contributed by atoms with van der Waals surface area (Å²) in [6.45, 7) is 2.30. The summed E-state index contributed by atoms with van der Waals surface area (Å²) in [6, 6.07) is 0. The van der Waals surface area contributed by atoms with E-state index in [0.29, 0.717) is 13.0 Å². The molecule has 2 N–H and O–H groups in total. The first-order valence-corrected chi connectivity index (χ1v) is 6.24.